The molecular formula is C10H8N4O. The van der Waals surface area contributed by atoms with Crippen LogP contribution >= 0.6 is 0 Å². The molecule has 5 heteroatoms. The highest BCUT2D eigenvalue weighted by atomic mass is 16.3. The average Bonchev–Trinajstić information content (AvgIpc) is 2.85. The third-order valence-electron chi connectivity index (χ3n) is 1.90. The van der Waals surface area contributed by atoms with Crippen molar-refractivity contribution >= 4 is 0 Å². The second kappa shape index (κ2) is 3.80. The third kappa shape index (κ3) is 1.53. The molecule has 2 heterocycles. The number of aromatic nitrogens is 3. The summed E-state index contributed by atoms with van der Waals surface area (Å²) in [4.78, 5) is 0. The Bertz CT molecular complexity index is 504. The number of nitrogens with zero attached hydrogens (tertiary/aromatic N) is 4. The van der Waals surface area contributed by atoms with Crippen molar-refractivity contribution in [2.24, 2.45) is 0 Å². The molecule has 0 amide bonds. The molecule has 0 aliphatic rings. The quantitative estimate of drug-likeness (QED) is 0.705. The molecule has 0 fully saturated rings. The maximum Gasteiger partial charge on any atom is 0.193 e. The van der Waals surface area contributed by atoms with Crippen LogP contribution < -0.4 is 0 Å². The lowest BCUT2D eigenvalue weighted by molar-refractivity contribution is 0.567. The Morgan fingerprint density at radius 3 is 3.13 bits per heavy atom. The fourth-order valence-corrected chi connectivity index (χ4v) is 1.30. The molecule has 0 N–H and O–H groups in total. The first kappa shape index (κ1) is 9.21. The van der Waals surface area contributed by atoms with E-state index in [9.17, 15) is 0 Å². The summed E-state index contributed by atoms with van der Waals surface area (Å²) in [6.07, 6.45) is 3.23. The van der Waals surface area contributed by atoms with E-state index in [4.69, 9.17) is 9.68 Å². The highest BCUT2D eigenvalue weighted by Gasteiger charge is 2.15. The van der Waals surface area contributed by atoms with E-state index in [0.717, 1.165) is 0 Å². The van der Waals surface area contributed by atoms with Crippen LogP contribution in [0.3, 0.4) is 0 Å². The van der Waals surface area contributed by atoms with E-state index in [1.807, 2.05) is 6.07 Å². The van der Waals surface area contributed by atoms with Gasteiger partial charge in [0.2, 0.25) is 0 Å². The summed E-state index contributed by atoms with van der Waals surface area (Å²) >= 11 is 0. The van der Waals surface area contributed by atoms with Crippen LogP contribution in [-0.2, 0) is 6.54 Å². The lowest BCUT2D eigenvalue weighted by Gasteiger charge is -1.99. The molecule has 0 bridgehead atoms. The Hall–Kier alpha value is -2.35. The Labute approximate surface area is 86.2 Å². The highest BCUT2D eigenvalue weighted by molar-refractivity contribution is 5.59. The molecule has 0 aliphatic heterocycles. The predicted octanol–water partition coefficient (Wildman–Crippen LogP) is 1.60. The number of hydrogen-bond acceptors (Lipinski definition) is 4. The first-order valence-corrected chi connectivity index (χ1v) is 4.35. The summed E-state index contributed by atoms with van der Waals surface area (Å²) < 4.78 is 6.79. The van der Waals surface area contributed by atoms with Crippen molar-refractivity contribution in [3.8, 4) is 17.5 Å². The Kier molecular flexibility index (Phi) is 2.33. The van der Waals surface area contributed by atoms with Crippen molar-refractivity contribution in [3.63, 3.8) is 0 Å². The van der Waals surface area contributed by atoms with Gasteiger partial charge in [-0.3, -0.25) is 0 Å². The molecule has 0 saturated carbocycles. The van der Waals surface area contributed by atoms with Gasteiger partial charge in [0.15, 0.2) is 11.5 Å². The summed E-state index contributed by atoms with van der Waals surface area (Å²) in [7, 11) is 0. The molecule has 74 valence electrons. The van der Waals surface area contributed by atoms with Crippen molar-refractivity contribution in [1.29, 1.82) is 5.26 Å². The standard InChI is InChI=1S/C10H8N4O/c1-2-5-14-10(8(7-11)12-13-14)9-4-3-6-15-9/h2-4,6H,1,5H2. The zero-order chi connectivity index (χ0) is 10.7. The summed E-state index contributed by atoms with van der Waals surface area (Å²) in [5, 5.41) is 16.5. The van der Waals surface area contributed by atoms with Crippen LogP contribution in [-0.4, -0.2) is 15.0 Å². The van der Waals surface area contributed by atoms with Gasteiger partial charge >= 0.3 is 0 Å². The zero-order valence-electron chi connectivity index (χ0n) is 7.92. The number of nitriles is 1. The van der Waals surface area contributed by atoms with Gasteiger partial charge in [-0.1, -0.05) is 11.3 Å². The maximum absolute atomic E-state index is 8.87. The van der Waals surface area contributed by atoms with Gasteiger partial charge in [-0.15, -0.1) is 11.7 Å². The van der Waals surface area contributed by atoms with Crippen molar-refractivity contribution in [3.05, 3.63) is 36.7 Å². The minimum Gasteiger partial charge on any atom is -0.463 e. The second-order valence-corrected chi connectivity index (χ2v) is 2.85. The van der Waals surface area contributed by atoms with Crippen LogP contribution in [0.1, 0.15) is 5.69 Å². The minimum atomic E-state index is 0.256. The zero-order valence-corrected chi connectivity index (χ0v) is 7.92. The van der Waals surface area contributed by atoms with Gasteiger partial charge < -0.3 is 4.42 Å². The van der Waals surface area contributed by atoms with Gasteiger partial charge in [0.25, 0.3) is 0 Å². The molecular weight excluding hydrogens is 192 g/mol. The lowest BCUT2D eigenvalue weighted by Crippen LogP contribution is -1.99. The van der Waals surface area contributed by atoms with Gasteiger partial charge in [0.1, 0.15) is 11.8 Å². The van der Waals surface area contributed by atoms with E-state index in [1.165, 1.54) is 0 Å². The Balaban J connectivity index is 2.56. The number of rotatable bonds is 3. The Morgan fingerprint density at radius 2 is 2.53 bits per heavy atom. The van der Waals surface area contributed by atoms with Gasteiger partial charge in [-0.05, 0) is 12.1 Å². The normalized spacial score (nSPS) is 9.80. The molecule has 5 nitrogen and oxygen atoms in total. The monoisotopic (exact) mass is 200 g/mol. The van der Waals surface area contributed by atoms with Crippen molar-refractivity contribution in [1.82, 2.24) is 15.0 Å². The van der Waals surface area contributed by atoms with E-state index in [-0.39, 0.29) is 5.69 Å². The minimum absolute atomic E-state index is 0.256. The highest BCUT2D eigenvalue weighted by Crippen LogP contribution is 2.21. The molecule has 2 aromatic heterocycles. The third-order valence-corrected chi connectivity index (χ3v) is 1.90. The number of furan rings is 1. The fraction of sp³-hybridized carbons (Fsp3) is 0.100. The molecule has 0 atom stereocenters. The van der Waals surface area contributed by atoms with Gasteiger partial charge in [0, 0.05) is 0 Å². The van der Waals surface area contributed by atoms with E-state index in [2.05, 4.69) is 16.9 Å². The van der Waals surface area contributed by atoms with Crippen molar-refractivity contribution < 1.29 is 4.42 Å². The van der Waals surface area contributed by atoms with Crippen LogP contribution in [0.5, 0.6) is 0 Å². The molecule has 0 radical (unpaired) electrons. The van der Waals surface area contributed by atoms with Crippen LogP contribution in [0.4, 0.5) is 0 Å². The van der Waals surface area contributed by atoms with Crippen molar-refractivity contribution in [2.75, 3.05) is 0 Å². The number of allylic oxidation sites excluding steroid dienone is 1. The van der Waals surface area contributed by atoms with E-state index < -0.39 is 0 Å². The summed E-state index contributed by atoms with van der Waals surface area (Å²) in [6, 6.07) is 5.49. The molecule has 2 rings (SSSR count). The maximum atomic E-state index is 8.87. The Morgan fingerprint density at radius 1 is 1.67 bits per heavy atom. The average molecular weight is 200 g/mol. The molecule has 0 saturated heterocycles. The van der Waals surface area contributed by atoms with Crippen LogP contribution in [0.2, 0.25) is 0 Å². The fourth-order valence-electron chi connectivity index (χ4n) is 1.30. The lowest BCUT2D eigenvalue weighted by atomic mass is 10.2. The van der Waals surface area contributed by atoms with Crippen LogP contribution in [0.15, 0.2) is 35.5 Å². The summed E-state index contributed by atoms with van der Waals surface area (Å²) in [5.74, 6) is 0.582. The van der Waals surface area contributed by atoms with Gasteiger partial charge in [-0.2, -0.15) is 5.26 Å². The summed E-state index contributed by atoms with van der Waals surface area (Å²) in [5.41, 5.74) is 0.842. The first-order chi connectivity index (χ1) is 7.36. The van der Waals surface area contributed by atoms with E-state index in [1.54, 1.807) is 29.2 Å². The molecule has 0 spiro atoms. The smallest absolute Gasteiger partial charge is 0.193 e. The molecule has 0 aliphatic carbocycles. The molecule has 2 aromatic rings. The number of hydrogen-bond donors (Lipinski definition) is 0. The second-order valence-electron chi connectivity index (χ2n) is 2.85. The summed E-state index contributed by atoms with van der Waals surface area (Å²) in [6.45, 7) is 4.10. The topological polar surface area (TPSA) is 67.6 Å². The van der Waals surface area contributed by atoms with E-state index in [0.29, 0.717) is 18.0 Å². The van der Waals surface area contributed by atoms with Crippen LogP contribution in [0, 0.1) is 11.3 Å². The van der Waals surface area contributed by atoms with Crippen LogP contribution in [0.25, 0.3) is 11.5 Å². The predicted molar refractivity (Wildman–Crippen MR) is 52.6 cm³/mol. The first-order valence-electron chi connectivity index (χ1n) is 4.35. The molecule has 15 heavy (non-hydrogen) atoms. The van der Waals surface area contributed by atoms with Gasteiger partial charge in [-0.25, -0.2) is 4.68 Å². The largest absolute Gasteiger partial charge is 0.463 e. The van der Waals surface area contributed by atoms with Crippen molar-refractivity contribution in [2.45, 2.75) is 6.54 Å². The van der Waals surface area contributed by atoms with Gasteiger partial charge in [0.05, 0.1) is 12.8 Å². The molecule has 0 unspecified atom stereocenters. The van der Waals surface area contributed by atoms with E-state index >= 15 is 0 Å². The molecule has 0 aromatic carbocycles. The SMILES string of the molecule is C=CCn1nnc(C#N)c1-c1ccco1.